The van der Waals surface area contributed by atoms with Crippen LogP contribution in [0, 0.1) is 0 Å². The van der Waals surface area contributed by atoms with Crippen LogP contribution in [0.2, 0.25) is 0 Å². The number of rotatable bonds is 3. The highest BCUT2D eigenvalue weighted by atomic mass is 16.5. The maximum absolute atomic E-state index is 12.8. The first-order chi connectivity index (χ1) is 12.2. The number of fused-ring (bicyclic) bond motifs is 2. The molecule has 0 spiro atoms. The standard InChI is InChI=1S/C20H16O5/c1-22-14-6-7-17-16(10-14)19(21)13(11-24-17)9-15-8-12-4-3-5-18(23-2)20(12)25-15/h3-10H,11H2,1-2H3. The maximum atomic E-state index is 12.8. The van der Waals surface area contributed by atoms with E-state index in [1.54, 1.807) is 38.5 Å². The Morgan fingerprint density at radius 2 is 1.96 bits per heavy atom. The fourth-order valence-electron chi connectivity index (χ4n) is 2.90. The SMILES string of the molecule is COc1ccc2c(c1)C(=O)C(=Cc1cc3cccc(OC)c3o1)CO2. The molecule has 2 aromatic carbocycles. The molecule has 3 aromatic rings. The van der Waals surface area contributed by atoms with Gasteiger partial charge in [-0.1, -0.05) is 12.1 Å². The molecular weight excluding hydrogens is 320 g/mol. The minimum absolute atomic E-state index is 0.0902. The molecule has 2 heterocycles. The summed E-state index contributed by atoms with van der Waals surface area (Å²) in [5, 5.41) is 0.914. The molecule has 4 rings (SSSR count). The average Bonchev–Trinajstić information content (AvgIpc) is 3.06. The van der Waals surface area contributed by atoms with Gasteiger partial charge in [-0.2, -0.15) is 0 Å². The maximum Gasteiger partial charge on any atom is 0.196 e. The minimum atomic E-state index is -0.0902. The fourth-order valence-corrected chi connectivity index (χ4v) is 2.90. The zero-order valence-corrected chi connectivity index (χ0v) is 13.9. The van der Waals surface area contributed by atoms with Crippen molar-refractivity contribution in [1.29, 1.82) is 0 Å². The monoisotopic (exact) mass is 336 g/mol. The van der Waals surface area contributed by atoms with Crippen molar-refractivity contribution in [2.24, 2.45) is 0 Å². The van der Waals surface area contributed by atoms with Crippen LogP contribution in [0.3, 0.4) is 0 Å². The van der Waals surface area contributed by atoms with E-state index in [9.17, 15) is 4.79 Å². The van der Waals surface area contributed by atoms with Crippen molar-refractivity contribution >= 4 is 22.8 Å². The Morgan fingerprint density at radius 1 is 1.08 bits per heavy atom. The van der Waals surface area contributed by atoms with E-state index in [-0.39, 0.29) is 12.4 Å². The van der Waals surface area contributed by atoms with Crippen LogP contribution in [0.15, 0.2) is 52.5 Å². The highest BCUT2D eigenvalue weighted by Crippen LogP contribution is 2.33. The molecule has 1 aliphatic heterocycles. The lowest BCUT2D eigenvalue weighted by atomic mass is 9.99. The van der Waals surface area contributed by atoms with Crippen LogP contribution in [0.25, 0.3) is 17.0 Å². The van der Waals surface area contributed by atoms with Gasteiger partial charge in [-0.25, -0.2) is 0 Å². The van der Waals surface area contributed by atoms with E-state index in [1.165, 1.54) is 0 Å². The molecule has 0 fully saturated rings. The third kappa shape index (κ3) is 2.63. The third-order valence-corrected chi connectivity index (χ3v) is 4.17. The van der Waals surface area contributed by atoms with Crippen molar-refractivity contribution in [3.8, 4) is 17.2 Å². The molecule has 1 aromatic heterocycles. The molecule has 0 atom stereocenters. The second-order valence-electron chi connectivity index (χ2n) is 5.68. The molecule has 0 N–H and O–H groups in total. The van der Waals surface area contributed by atoms with Crippen LogP contribution < -0.4 is 14.2 Å². The van der Waals surface area contributed by atoms with Gasteiger partial charge in [-0.3, -0.25) is 4.79 Å². The summed E-state index contributed by atoms with van der Waals surface area (Å²) in [5.74, 6) is 2.33. The summed E-state index contributed by atoms with van der Waals surface area (Å²) in [7, 11) is 3.16. The number of carbonyl (C=O) groups excluding carboxylic acids is 1. The highest BCUT2D eigenvalue weighted by molar-refractivity contribution is 6.14. The molecule has 0 saturated heterocycles. The second kappa shape index (κ2) is 6.02. The minimum Gasteiger partial charge on any atom is -0.497 e. The van der Waals surface area contributed by atoms with Crippen LogP contribution in [-0.2, 0) is 0 Å². The molecule has 0 saturated carbocycles. The van der Waals surface area contributed by atoms with Gasteiger partial charge in [0, 0.05) is 11.0 Å². The number of Topliss-reactive ketones (excluding diaryl/α,β-unsaturated/α-hetero) is 1. The van der Waals surface area contributed by atoms with Crippen LogP contribution in [-0.4, -0.2) is 26.6 Å². The molecule has 0 amide bonds. The summed E-state index contributed by atoms with van der Waals surface area (Å²) in [4.78, 5) is 12.8. The predicted octanol–water partition coefficient (Wildman–Crippen LogP) is 4.11. The molecule has 0 unspecified atom stereocenters. The van der Waals surface area contributed by atoms with Crippen molar-refractivity contribution in [2.45, 2.75) is 0 Å². The van der Waals surface area contributed by atoms with Gasteiger partial charge < -0.3 is 18.6 Å². The van der Waals surface area contributed by atoms with Crippen LogP contribution in [0.1, 0.15) is 16.1 Å². The number of hydrogen-bond acceptors (Lipinski definition) is 5. The van der Waals surface area contributed by atoms with E-state index in [4.69, 9.17) is 18.6 Å². The molecule has 126 valence electrons. The van der Waals surface area contributed by atoms with Gasteiger partial charge in [-0.15, -0.1) is 0 Å². The van der Waals surface area contributed by atoms with Crippen LogP contribution in [0.5, 0.6) is 17.2 Å². The topological polar surface area (TPSA) is 57.9 Å². The zero-order chi connectivity index (χ0) is 17.4. The van der Waals surface area contributed by atoms with Crippen molar-refractivity contribution in [3.63, 3.8) is 0 Å². The number of methoxy groups -OCH3 is 2. The molecular formula is C20H16O5. The number of carbonyl (C=O) groups is 1. The lowest BCUT2D eigenvalue weighted by Gasteiger charge is -2.19. The quantitative estimate of drug-likeness (QED) is 0.674. The number of ketones is 1. The molecule has 0 bridgehead atoms. The van der Waals surface area contributed by atoms with Crippen molar-refractivity contribution in [2.75, 3.05) is 20.8 Å². The number of hydrogen-bond donors (Lipinski definition) is 0. The van der Waals surface area contributed by atoms with Gasteiger partial charge in [0.05, 0.1) is 19.8 Å². The molecule has 0 radical (unpaired) electrons. The first-order valence-corrected chi connectivity index (χ1v) is 7.82. The van der Waals surface area contributed by atoms with Gasteiger partial charge in [0.15, 0.2) is 17.1 Å². The molecule has 5 heteroatoms. The molecule has 25 heavy (non-hydrogen) atoms. The Balaban J connectivity index is 1.73. The largest absolute Gasteiger partial charge is 0.497 e. The van der Waals surface area contributed by atoms with E-state index in [1.807, 2.05) is 24.3 Å². The number of benzene rings is 2. The summed E-state index contributed by atoms with van der Waals surface area (Å²) < 4.78 is 22.0. The summed E-state index contributed by atoms with van der Waals surface area (Å²) >= 11 is 0. The van der Waals surface area contributed by atoms with E-state index < -0.39 is 0 Å². The van der Waals surface area contributed by atoms with Crippen molar-refractivity contribution in [3.05, 3.63) is 59.4 Å². The first-order valence-electron chi connectivity index (χ1n) is 7.82. The van der Waals surface area contributed by atoms with E-state index in [2.05, 4.69) is 0 Å². The third-order valence-electron chi connectivity index (χ3n) is 4.17. The first kappa shape index (κ1) is 15.3. The summed E-state index contributed by atoms with van der Waals surface area (Å²) in [6.07, 6.45) is 1.71. The summed E-state index contributed by atoms with van der Waals surface area (Å²) in [6.45, 7) is 0.201. The number of ether oxygens (including phenoxy) is 3. The number of para-hydroxylation sites is 1. The fraction of sp³-hybridized carbons (Fsp3) is 0.150. The van der Waals surface area contributed by atoms with Gasteiger partial charge in [0.25, 0.3) is 0 Å². The van der Waals surface area contributed by atoms with Crippen molar-refractivity contribution < 1.29 is 23.4 Å². The van der Waals surface area contributed by atoms with Gasteiger partial charge >= 0.3 is 0 Å². The normalized spacial score (nSPS) is 15.1. The van der Waals surface area contributed by atoms with Gasteiger partial charge in [-0.05, 0) is 36.4 Å². The predicted molar refractivity (Wildman–Crippen MR) is 93.6 cm³/mol. The van der Waals surface area contributed by atoms with Crippen LogP contribution in [0.4, 0.5) is 0 Å². The summed E-state index contributed by atoms with van der Waals surface area (Å²) in [5.41, 5.74) is 1.67. The Hall–Kier alpha value is -3.21. The zero-order valence-electron chi connectivity index (χ0n) is 13.9. The Morgan fingerprint density at radius 3 is 2.76 bits per heavy atom. The van der Waals surface area contributed by atoms with Gasteiger partial charge in [0.1, 0.15) is 23.9 Å². The second-order valence-corrected chi connectivity index (χ2v) is 5.68. The highest BCUT2D eigenvalue weighted by Gasteiger charge is 2.24. The lowest BCUT2D eigenvalue weighted by Crippen LogP contribution is -2.19. The average molecular weight is 336 g/mol. The van der Waals surface area contributed by atoms with Crippen molar-refractivity contribution in [1.82, 2.24) is 0 Å². The molecule has 5 nitrogen and oxygen atoms in total. The van der Waals surface area contributed by atoms with Crippen LogP contribution >= 0.6 is 0 Å². The molecule has 0 aliphatic carbocycles. The Labute approximate surface area is 144 Å². The van der Waals surface area contributed by atoms with E-state index in [0.29, 0.717) is 39.7 Å². The van der Waals surface area contributed by atoms with E-state index in [0.717, 1.165) is 5.39 Å². The Kier molecular flexibility index (Phi) is 3.69. The number of furan rings is 1. The van der Waals surface area contributed by atoms with Gasteiger partial charge in [0.2, 0.25) is 0 Å². The Bertz CT molecular complexity index is 996. The lowest BCUT2D eigenvalue weighted by molar-refractivity contribution is 0.1000. The van der Waals surface area contributed by atoms with E-state index >= 15 is 0 Å². The smallest absolute Gasteiger partial charge is 0.196 e. The summed E-state index contributed by atoms with van der Waals surface area (Å²) in [6, 6.07) is 12.7. The molecule has 1 aliphatic rings.